The first-order valence-electron chi connectivity index (χ1n) is 8.07. The van der Waals surface area contributed by atoms with E-state index in [9.17, 15) is 34.4 Å². The standard InChI is InChI=1S/C14H22F4O6S2/c1-11(2)10-3-5-12(11,6-4-10)9-25(19,20)24-8-7-13(15,16)14(17,18)26(21,22)23/h10H,3-9H2,1-2H3,(H,21,22,23). The van der Waals surface area contributed by atoms with Gasteiger partial charge in [-0.3, -0.25) is 8.74 Å². The molecule has 2 fully saturated rings. The van der Waals surface area contributed by atoms with Crippen LogP contribution in [0.4, 0.5) is 17.6 Å². The van der Waals surface area contributed by atoms with Gasteiger partial charge in [-0.25, -0.2) is 0 Å². The number of alkyl halides is 4. The zero-order valence-corrected chi connectivity index (χ0v) is 16.0. The van der Waals surface area contributed by atoms with E-state index in [1.54, 1.807) is 0 Å². The van der Waals surface area contributed by atoms with Gasteiger partial charge in [-0.1, -0.05) is 13.8 Å². The summed E-state index contributed by atoms with van der Waals surface area (Å²) in [6, 6.07) is 0. The lowest BCUT2D eigenvalue weighted by Gasteiger charge is -2.37. The van der Waals surface area contributed by atoms with Crippen molar-refractivity contribution in [2.24, 2.45) is 16.7 Å². The summed E-state index contributed by atoms with van der Waals surface area (Å²) >= 11 is 0. The first-order valence-corrected chi connectivity index (χ1v) is 11.1. The molecule has 0 spiro atoms. The quantitative estimate of drug-likeness (QED) is 0.364. The SMILES string of the molecule is CC1(C)C2CCC1(CS(=O)(=O)OCCC(F)(F)C(F)(F)S(=O)(=O)O)CC2. The van der Waals surface area contributed by atoms with E-state index in [0.29, 0.717) is 18.8 Å². The third-order valence-electron chi connectivity index (χ3n) is 6.21. The summed E-state index contributed by atoms with van der Waals surface area (Å²) in [5.41, 5.74) is -0.803. The lowest BCUT2D eigenvalue weighted by molar-refractivity contribution is -0.167. The summed E-state index contributed by atoms with van der Waals surface area (Å²) in [5.74, 6) is -5.21. The highest BCUT2D eigenvalue weighted by atomic mass is 32.2. The maximum absolute atomic E-state index is 13.4. The Bertz CT molecular complexity index is 752. The third-order valence-corrected chi connectivity index (χ3v) is 8.59. The van der Waals surface area contributed by atoms with Crippen molar-refractivity contribution in [2.75, 3.05) is 12.4 Å². The zero-order valence-electron chi connectivity index (χ0n) is 14.3. The summed E-state index contributed by atoms with van der Waals surface area (Å²) in [6.07, 6.45) is 1.16. The fourth-order valence-corrected chi connectivity index (χ4v) is 6.55. The van der Waals surface area contributed by atoms with Gasteiger partial charge in [-0.15, -0.1) is 0 Å². The van der Waals surface area contributed by atoms with Gasteiger partial charge in [-0.05, 0) is 42.4 Å². The smallest absolute Gasteiger partial charge is 0.281 e. The van der Waals surface area contributed by atoms with Crippen LogP contribution in [0.2, 0.25) is 0 Å². The van der Waals surface area contributed by atoms with Crippen molar-refractivity contribution in [2.45, 2.75) is 57.1 Å². The van der Waals surface area contributed by atoms with Crippen LogP contribution in [-0.4, -0.2) is 44.9 Å². The number of halogens is 4. The van der Waals surface area contributed by atoms with E-state index in [1.807, 2.05) is 13.8 Å². The molecular formula is C14H22F4O6S2. The maximum Gasteiger partial charge on any atom is 0.431 e. The first-order chi connectivity index (χ1) is 11.5. The second-order valence-electron chi connectivity index (χ2n) is 7.75. The Morgan fingerprint density at radius 1 is 1.08 bits per heavy atom. The molecule has 0 radical (unpaired) electrons. The highest BCUT2D eigenvalue weighted by Crippen LogP contribution is 2.66. The van der Waals surface area contributed by atoms with Crippen LogP contribution in [0.25, 0.3) is 0 Å². The molecule has 2 saturated carbocycles. The molecule has 0 aromatic heterocycles. The van der Waals surface area contributed by atoms with Crippen molar-refractivity contribution >= 4 is 20.2 Å². The second-order valence-corrected chi connectivity index (χ2v) is 10.8. The van der Waals surface area contributed by atoms with Crippen LogP contribution < -0.4 is 0 Å². The fourth-order valence-electron chi connectivity index (χ4n) is 4.31. The van der Waals surface area contributed by atoms with E-state index in [4.69, 9.17) is 4.55 Å². The number of hydrogen-bond donors (Lipinski definition) is 1. The molecule has 0 aromatic carbocycles. The highest BCUT2D eigenvalue weighted by molar-refractivity contribution is 7.87. The van der Waals surface area contributed by atoms with Crippen LogP contribution in [0.1, 0.15) is 46.0 Å². The van der Waals surface area contributed by atoms with Gasteiger partial charge in [0.1, 0.15) is 0 Å². The molecule has 0 amide bonds. The van der Waals surface area contributed by atoms with Crippen LogP contribution in [0, 0.1) is 16.7 Å². The van der Waals surface area contributed by atoms with Crippen LogP contribution in [0.15, 0.2) is 0 Å². The van der Waals surface area contributed by atoms with Crippen molar-refractivity contribution in [3.8, 4) is 0 Å². The van der Waals surface area contributed by atoms with E-state index in [-0.39, 0.29) is 5.41 Å². The lowest BCUT2D eigenvalue weighted by atomic mass is 9.71. The summed E-state index contributed by atoms with van der Waals surface area (Å²) in [4.78, 5) is 0. The van der Waals surface area contributed by atoms with Gasteiger partial charge in [0.05, 0.1) is 12.4 Å². The summed E-state index contributed by atoms with van der Waals surface area (Å²) in [6.45, 7) is 2.59. The van der Waals surface area contributed by atoms with E-state index in [1.165, 1.54) is 0 Å². The van der Waals surface area contributed by atoms with E-state index < -0.39 is 55.6 Å². The molecular weight excluding hydrogens is 404 g/mol. The molecule has 26 heavy (non-hydrogen) atoms. The molecule has 0 unspecified atom stereocenters. The van der Waals surface area contributed by atoms with Crippen molar-refractivity contribution < 1.29 is 43.1 Å². The highest BCUT2D eigenvalue weighted by Gasteiger charge is 2.65. The molecule has 2 bridgehead atoms. The Morgan fingerprint density at radius 2 is 1.58 bits per heavy atom. The second kappa shape index (κ2) is 6.28. The number of hydrogen-bond acceptors (Lipinski definition) is 5. The predicted octanol–water partition coefficient (Wildman–Crippen LogP) is 3.06. The monoisotopic (exact) mass is 426 g/mol. The molecule has 0 heterocycles. The molecule has 1 N–H and O–H groups in total. The average molecular weight is 426 g/mol. The van der Waals surface area contributed by atoms with Crippen molar-refractivity contribution in [3.63, 3.8) is 0 Å². The Kier molecular flexibility index (Phi) is 5.27. The van der Waals surface area contributed by atoms with Gasteiger partial charge in [-0.2, -0.15) is 34.4 Å². The summed E-state index contributed by atoms with van der Waals surface area (Å²) in [7, 11) is -10.6. The number of rotatable bonds is 8. The van der Waals surface area contributed by atoms with E-state index in [2.05, 4.69) is 4.18 Å². The first kappa shape index (κ1) is 21.8. The minimum Gasteiger partial charge on any atom is -0.281 e. The molecule has 0 aliphatic heterocycles. The van der Waals surface area contributed by atoms with Crippen LogP contribution in [-0.2, 0) is 24.4 Å². The third kappa shape index (κ3) is 3.49. The normalized spacial score (nSPS) is 29.3. The van der Waals surface area contributed by atoms with Crippen LogP contribution >= 0.6 is 0 Å². The molecule has 6 nitrogen and oxygen atoms in total. The van der Waals surface area contributed by atoms with E-state index in [0.717, 1.165) is 12.8 Å². The fraction of sp³-hybridized carbons (Fsp3) is 1.00. The summed E-state index contributed by atoms with van der Waals surface area (Å²) in [5, 5.41) is -5.74. The number of fused-ring (bicyclic) bond motifs is 2. The molecule has 0 atom stereocenters. The largest absolute Gasteiger partial charge is 0.431 e. The van der Waals surface area contributed by atoms with Crippen LogP contribution in [0.3, 0.4) is 0 Å². The molecule has 12 heteroatoms. The van der Waals surface area contributed by atoms with Gasteiger partial charge >= 0.3 is 21.3 Å². The van der Waals surface area contributed by atoms with Crippen molar-refractivity contribution in [1.29, 1.82) is 0 Å². The Labute approximate surface area is 150 Å². The van der Waals surface area contributed by atoms with Crippen LogP contribution in [0.5, 0.6) is 0 Å². The Morgan fingerprint density at radius 3 is 1.96 bits per heavy atom. The Balaban J connectivity index is 2.01. The molecule has 2 rings (SSSR count). The van der Waals surface area contributed by atoms with Gasteiger partial charge in [0.25, 0.3) is 10.1 Å². The van der Waals surface area contributed by atoms with E-state index >= 15 is 0 Å². The lowest BCUT2D eigenvalue weighted by Crippen LogP contribution is -2.47. The van der Waals surface area contributed by atoms with Gasteiger partial charge in [0.2, 0.25) is 0 Å². The van der Waals surface area contributed by atoms with Gasteiger partial charge in [0.15, 0.2) is 0 Å². The molecule has 0 saturated heterocycles. The minimum atomic E-state index is -6.36. The predicted molar refractivity (Wildman–Crippen MR) is 84.0 cm³/mol. The maximum atomic E-state index is 13.4. The topological polar surface area (TPSA) is 97.7 Å². The molecule has 2 aliphatic rings. The molecule has 0 aromatic rings. The van der Waals surface area contributed by atoms with Crippen molar-refractivity contribution in [3.05, 3.63) is 0 Å². The zero-order chi connectivity index (χ0) is 20.2. The van der Waals surface area contributed by atoms with Gasteiger partial charge in [0, 0.05) is 6.42 Å². The molecule has 154 valence electrons. The average Bonchev–Trinajstić information content (AvgIpc) is 2.80. The van der Waals surface area contributed by atoms with Gasteiger partial charge < -0.3 is 0 Å². The van der Waals surface area contributed by atoms with Crippen molar-refractivity contribution in [1.82, 2.24) is 0 Å². The minimum absolute atomic E-state index is 0.259. The molecule has 2 aliphatic carbocycles. The summed E-state index contributed by atoms with van der Waals surface area (Å²) < 4.78 is 111. The Hall–Kier alpha value is -0.460.